The van der Waals surface area contributed by atoms with Crippen LogP contribution in [0.4, 0.5) is 4.39 Å². The summed E-state index contributed by atoms with van der Waals surface area (Å²) in [5.74, 6) is 0.721. The van der Waals surface area contributed by atoms with Crippen molar-refractivity contribution in [2.24, 2.45) is 0 Å². The molecule has 2 aromatic rings. The molecule has 2 aromatic carbocycles. The Bertz CT molecular complexity index is 880. The van der Waals surface area contributed by atoms with Crippen LogP contribution in [0.25, 0.3) is 0 Å². The van der Waals surface area contributed by atoms with Crippen molar-refractivity contribution in [2.45, 2.75) is 6.54 Å². The van der Waals surface area contributed by atoms with E-state index in [2.05, 4.69) is 4.90 Å². The predicted octanol–water partition coefficient (Wildman–Crippen LogP) is 2.67. The molecule has 1 amide bonds. The molecule has 28 heavy (non-hydrogen) atoms. The number of halogens is 1. The van der Waals surface area contributed by atoms with Gasteiger partial charge in [-0.25, -0.2) is 4.39 Å². The van der Waals surface area contributed by atoms with Crippen molar-refractivity contribution in [1.82, 2.24) is 9.80 Å². The maximum Gasteiger partial charge on any atom is 0.254 e. The van der Waals surface area contributed by atoms with Crippen LogP contribution in [0.1, 0.15) is 21.5 Å². The largest absolute Gasteiger partial charge is 0.497 e. The SMILES string of the molecule is COc1cc(OC)cc(C(=O)N2CCN(Cc3cc(C#N)ccc3F)CC2)c1. The first kappa shape index (κ1) is 19.6. The molecule has 0 saturated carbocycles. The predicted molar refractivity (Wildman–Crippen MR) is 102 cm³/mol. The molecule has 1 heterocycles. The average Bonchev–Trinajstić information content (AvgIpc) is 2.74. The van der Waals surface area contributed by atoms with Crippen LogP contribution in [0.2, 0.25) is 0 Å². The van der Waals surface area contributed by atoms with E-state index in [0.717, 1.165) is 0 Å². The highest BCUT2D eigenvalue weighted by atomic mass is 19.1. The van der Waals surface area contributed by atoms with Crippen LogP contribution in [0.15, 0.2) is 36.4 Å². The van der Waals surface area contributed by atoms with E-state index in [1.807, 2.05) is 6.07 Å². The summed E-state index contributed by atoms with van der Waals surface area (Å²) in [6, 6.07) is 11.5. The zero-order valence-corrected chi connectivity index (χ0v) is 15.9. The number of hydrogen-bond acceptors (Lipinski definition) is 5. The first-order valence-corrected chi connectivity index (χ1v) is 8.97. The number of ether oxygens (including phenoxy) is 2. The first-order chi connectivity index (χ1) is 13.5. The number of carbonyl (C=O) groups excluding carboxylic acids is 1. The fourth-order valence-electron chi connectivity index (χ4n) is 3.23. The van der Waals surface area contributed by atoms with E-state index in [-0.39, 0.29) is 11.7 Å². The van der Waals surface area contributed by atoms with E-state index >= 15 is 0 Å². The molecule has 0 N–H and O–H groups in total. The number of methoxy groups -OCH3 is 2. The number of carbonyl (C=O) groups is 1. The highest BCUT2D eigenvalue weighted by Crippen LogP contribution is 2.24. The van der Waals surface area contributed by atoms with Gasteiger partial charge in [-0.2, -0.15) is 5.26 Å². The lowest BCUT2D eigenvalue weighted by molar-refractivity contribution is 0.0626. The van der Waals surface area contributed by atoms with Gasteiger partial charge in [0, 0.05) is 49.9 Å². The standard InChI is InChI=1S/C21H22FN3O3/c1-27-18-10-16(11-19(12-18)28-2)21(26)25-7-5-24(6-8-25)14-17-9-15(13-23)3-4-20(17)22/h3-4,9-12H,5-8,14H2,1-2H3. The third-order valence-electron chi connectivity index (χ3n) is 4.83. The molecular formula is C21H22FN3O3. The Kier molecular flexibility index (Phi) is 6.12. The van der Waals surface area contributed by atoms with Crippen LogP contribution in [-0.2, 0) is 6.54 Å². The van der Waals surface area contributed by atoms with Gasteiger partial charge in [0.25, 0.3) is 5.91 Å². The van der Waals surface area contributed by atoms with Crippen LogP contribution in [0, 0.1) is 17.1 Å². The summed E-state index contributed by atoms with van der Waals surface area (Å²) in [4.78, 5) is 16.7. The van der Waals surface area contributed by atoms with Crippen molar-refractivity contribution in [3.8, 4) is 17.6 Å². The molecule has 0 spiro atoms. The maximum absolute atomic E-state index is 14.0. The van der Waals surface area contributed by atoms with Crippen molar-refractivity contribution < 1.29 is 18.7 Å². The van der Waals surface area contributed by atoms with Crippen LogP contribution in [-0.4, -0.2) is 56.1 Å². The molecule has 1 aliphatic rings. The summed E-state index contributed by atoms with van der Waals surface area (Å²) in [5, 5.41) is 8.99. The van der Waals surface area contributed by atoms with Crippen molar-refractivity contribution in [3.63, 3.8) is 0 Å². The van der Waals surface area contributed by atoms with E-state index in [9.17, 15) is 9.18 Å². The quantitative estimate of drug-likeness (QED) is 0.794. The smallest absolute Gasteiger partial charge is 0.254 e. The van der Waals surface area contributed by atoms with E-state index < -0.39 is 0 Å². The first-order valence-electron chi connectivity index (χ1n) is 8.97. The summed E-state index contributed by atoms with van der Waals surface area (Å²) in [7, 11) is 3.09. The van der Waals surface area contributed by atoms with E-state index in [4.69, 9.17) is 14.7 Å². The van der Waals surface area contributed by atoms with Crippen molar-refractivity contribution >= 4 is 5.91 Å². The summed E-state index contributed by atoms with van der Waals surface area (Å²) in [5.41, 5.74) is 1.45. The van der Waals surface area contributed by atoms with Crippen LogP contribution in [0.5, 0.6) is 11.5 Å². The van der Waals surface area contributed by atoms with Crippen LogP contribution < -0.4 is 9.47 Å². The lowest BCUT2D eigenvalue weighted by Gasteiger charge is -2.35. The number of hydrogen-bond donors (Lipinski definition) is 0. The molecule has 0 aliphatic carbocycles. The van der Waals surface area contributed by atoms with Gasteiger partial charge >= 0.3 is 0 Å². The molecule has 146 valence electrons. The fourth-order valence-corrected chi connectivity index (χ4v) is 3.23. The molecule has 1 fully saturated rings. The normalized spacial score (nSPS) is 14.4. The molecule has 7 heteroatoms. The van der Waals surface area contributed by atoms with E-state index in [0.29, 0.717) is 60.9 Å². The second-order valence-electron chi connectivity index (χ2n) is 6.59. The molecule has 0 unspecified atom stereocenters. The second kappa shape index (κ2) is 8.72. The number of nitriles is 1. The van der Waals surface area contributed by atoms with Gasteiger partial charge in [0.05, 0.1) is 25.9 Å². The van der Waals surface area contributed by atoms with Crippen molar-refractivity contribution in [1.29, 1.82) is 5.26 Å². The van der Waals surface area contributed by atoms with Crippen LogP contribution in [0.3, 0.4) is 0 Å². The van der Waals surface area contributed by atoms with Crippen molar-refractivity contribution in [3.05, 3.63) is 58.9 Å². The minimum absolute atomic E-state index is 0.0884. The molecular weight excluding hydrogens is 361 g/mol. The third-order valence-corrected chi connectivity index (χ3v) is 4.83. The fraction of sp³-hybridized carbons (Fsp3) is 0.333. The number of piperazine rings is 1. The molecule has 0 atom stereocenters. The van der Waals surface area contributed by atoms with E-state index in [1.54, 1.807) is 43.4 Å². The number of amides is 1. The Morgan fingerprint density at radius 2 is 1.71 bits per heavy atom. The molecule has 0 radical (unpaired) electrons. The summed E-state index contributed by atoms with van der Waals surface area (Å²) >= 11 is 0. The minimum atomic E-state index is -0.319. The lowest BCUT2D eigenvalue weighted by Crippen LogP contribution is -2.48. The number of nitrogens with zero attached hydrogens (tertiary/aromatic N) is 3. The Balaban J connectivity index is 1.64. The van der Waals surface area contributed by atoms with Crippen LogP contribution >= 0.6 is 0 Å². The third kappa shape index (κ3) is 4.41. The van der Waals surface area contributed by atoms with Gasteiger partial charge in [0.1, 0.15) is 17.3 Å². The molecule has 3 rings (SSSR count). The topological polar surface area (TPSA) is 65.8 Å². The minimum Gasteiger partial charge on any atom is -0.497 e. The summed E-state index contributed by atoms with van der Waals surface area (Å²) in [6.07, 6.45) is 0. The molecule has 6 nitrogen and oxygen atoms in total. The zero-order chi connectivity index (χ0) is 20.1. The van der Waals surface area contributed by atoms with Gasteiger partial charge in [0.2, 0.25) is 0 Å². The molecule has 1 saturated heterocycles. The van der Waals surface area contributed by atoms with Gasteiger partial charge in [-0.3, -0.25) is 9.69 Å². The Labute approximate surface area is 163 Å². The zero-order valence-electron chi connectivity index (χ0n) is 15.9. The summed E-state index contributed by atoms with van der Waals surface area (Å²) < 4.78 is 24.5. The monoisotopic (exact) mass is 383 g/mol. The Morgan fingerprint density at radius 3 is 2.29 bits per heavy atom. The Hall–Kier alpha value is -3.11. The van der Waals surface area contributed by atoms with Gasteiger partial charge in [-0.1, -0.05) is 0 Å². The van der Waals surface area contributed by atoms with Gasteiger partial charge in [-0.05, 0) is 30.3 Å². The second-order valence-corrected chi connectivity index (χ2v) is 6.59. The highest BCUT2D eigenvalue weighted by Gasteiger charge is 2.23. The molecule has 1 aliphatic heterocycles. The highest BCUT2D eigenvalue weighted by molar-refractivity contribution is 5.95. The number of rotatable bonds is 5. The molecule has 0 aromatic heterocycles. The molecule has 0 bridgehead atoms. The summed E-state index contributed by atoms with van der Waals surface area (Å²) in [6.45, 7) is 2.75. The van der Waals surface area contributed by atoms with Gasteiger partial charge < -0.3 is 14.4 Å². The maximum atomic E-state index is 14.0. The van der Waals surface area contributed by atoms with E-state index in [1.165, 1.54) is 12.1 Å². The van der Waals surface area contributed by atoms with Crippen molar-refractivity contribution in [2.75, 3.05) is 40.4 Å². The van der Waals surface area contributed by atoms with Gasteiger partial charge in [0.15, 0.2) is 0 Å². The lowest BCUT2D eigenvalue weighted by atomic mass is 10.1. The van der Waals surface area contributed by atoms with Gasteiger partial charge in [-0.15, -0.1) is 0 Å². The average molecular weight is 383 g/mol. The number of benzene rings is 2. The Morgan fingerprint density at radius 1 is 1.07 bits per heavy atom.